The van der Waals surface area contributed by atoms with Gasteiger partial charge in [-0.1, -0.05) is 13.8 Å². The molecule has 9 heavy (non-hydrogen) atoms. The van der Waals surface area contributed by atoms with E-state index < -0.39 is 0 Å². The summed E-state index contributed by atoms with van der Waals surface area (Å²) in [6, 6.07) is 0. The van der Waals surface area contributed by atoms with Gasteiger partial charge in [-0.3, -0.25) is 4.79 Å². The van der Waals surface area contributed by atoms with Gasteiger partial charge in [0.2, 0.25) is 0 Å². The molecule has 0 aliphatic heterocycles. The van der Waals surface area contributed by atoms with Gasteiger partial charge in [0.25, 0.3) is 0 Å². The SMILES string of the molecule is C/C(=C\[O-])C(=O)C(C)C. The minimum Gasteiger partial charge on any atom is -0.878 e. The Balaban J connectivity index is 4.06. The summed E-state index contributed by atoms with van der Waals surface area (Å²) < 4.78 is 0. The molecule has 0 saturated heterocycles. The van der Waals surface area contributed by atoms with Crippen LogP contribution in [0.3, 0.4) is 0 Å². The van der Waals surface area contributed by atoms with Crippen molar-refractivity contribution in [2.45, 2.75) is 20.8 Å². The first-order valence-electron chi connectivity index (χ1n) is 2.92. The van der Waals surface area contributed by atoms with E-state index in [1.807, 2.05) is 0 Å². The highest BCUT2D eigenvalue weighted by Gasteiger charge is 2.05. The molecule has 0 unspecified atom stereocenters. The van der Waals surface area contributed by atoms with E-state index in [0.717, 1.165) is 0 Å². The highest BCUT2D eigenvalue weighted by Crippen LogP contribution is 2.02. The van der Waals surface area contributed by atoms with Crippen molar-refractivity contribution in [2.75, 3.05) is 0 Å². The van der Waals surface area contributed by atoms with E-state index in [-0.39, 0.29) is 11.7 Å². The first-order chi connectivity index (χ1) is 4.09. The molecule has 0 aliphatic carbocycles. The number of rotatable bonds is 2. The summed E-state index contributed by atoms with van der Waals surface area (Å²) in [5.74, 6) is -0.125. The number of allylic oxidation sites excluding steroid dienone is 1. The number of Topliss-reactive ketones (excluding diaryl/α,β-unsaturated/α-hetero) is 1. The van der Waals surface area contributed by atoms with Crippen LogP contribution in [-0.4, -0.2) is 5.78 Å². The Morgan fingerprint density at radius 2 is 2.00 bits per heavy atom. The predicted molar refractivity (Wildman–Crippen MR) is 33.6 cm³/mol. The zero-order chi connectivity index (χ0) is 7.44. The van der Waals surface area contributed by atoms with E-state index in [2.05, 4.69) is 0 Å². The van der Waals surface area contributed by atoms with Crippen LogP contribution in [0.4, 0.5) is 0 Å². The second-order valence-corrected chi connectivity index (χ2v) is 2.32. The Bertz CT molecular complexity index is 134. The van der Waals surface area contributed by atoms with E-state index in [9.17, 15) is 9.90 Å². The topological polar surface area (TPSA) is 40.1 Å². The lowest BCUT2D eigenvalue weighted by molar-refractivity contribution is -0.276. The minimum atomic E-state index is -0.0648. The quantitative estimate of drug-likeness (QED) is 0.399. The number of hydrogen-bond acceptors (Lipinski definition) is 2. The van der Waals surface area contributed by atoms with Crippen LogP contribution in [-0.2, 0) is 4.79 Å². The van der Waals surface area contributed by atoms with Crippen LogP contribution in [0.25, 0.3) is 0 Å². The molecule has 0 amide bonds. The Kier molecular flexibility index (Phi) is 2.99. The van der Waals surface area contributed by atoms with E-state index >= 15 is 0 Å². The van der Waals surface area contributed by atoms with Gasteiger partial charge in [-0.25, -0.2) is 0 Å². The van der Waals surface area contributed by atoms with Crippen molar-refractivity contribution in [1.82, 2.24) is 0 Å². The van der Waals surface area contributed by atoms with Gasteiger partial charge in [0.15, 0.2) is 5.78 Å². The fraction of sp³-hybridized carbons (Fsp3) is 0.571. The second kappa shape index (κ2) is 3.28. The zero-order valence-electron chi connectivity index (χ0n) is 5.97. The van der Waals surface area contributed by atoms with Crippen LogP contribution < -0.4 is 5.11 Å². The van der Waals surface area contributed by atoms with Gasteiger partial charge < -0.3 is 5.11 Å². The highest BCUT2D eigenvalue weighted by molar-refractivity contribution is 5.95. The zero-order valence-corrected chi connectivity index (χ0v) is 5.97. The molecule has 0 atom stereocenters. The first-order valence-corrected chi connectivity index (χ1v) is 2.92. The molecule has 0 aromatic carbocycles. The molecule has 0 aromatic heterocycles. The van der Waals surface area contributed by atoms with Gasteiger partial charge in [-0.15, -0.1) is 6.26 Å². The average molecular weight is 127 g/mol. The van der Waals surface area contributed by atoms with E-state index in [4.69, 9.17) is 0 Å². The fourth-order valence-electron chi connectivity index (χ4n) is 0.513. The van der Waals surface area contributed by atoms with Gasteiger partial charge >= 0.3 is 0 Å². The molecule has 0 bridgehead atoms. The van der Waals surface area contributed by atoms with Gasteiger partial charge in [0, 0.05) is 5.92 Å². The summed E-state index contributed by atoms with van der Waals surface area (Å²) in [5.41, 5.74) is 0.310. The highest BCUT2D eigenvalue weighted by atomic mass is 16.2. The summed E-state index contributed by atoms with van der Waals surface area (Å²) in [5, 5.41) is 9.99. The maximum atomic E-state index is 10.8. The van der Waals surface area contributed by atoms with Crippen LogP contribution in [0.1, 0.15) is 20.8 Å². The third kappa shape index (κ3) is 2.31. The number of carbonyl (C=O) groups excluding carboxylic acids is 1. The number of ketones is 1. The van der Waals surface area contributed by atoms with Crippen LogP contribution >= 0.6 is 0 Å². The van der Waals surface area contributed by atoms with E-state index in [1.54, 1.807) is 13.8 Å². The van der Waals surface area contributed by atoms with Crippen LogP contribution in [0, 0.1) is 5.92 Å². The Labute approximate surface area is 55.2 Å². The average Bonchev–Trinajstić information content (AvgIpc) is 1.84. The third-order valence-electron chi connectivity index (χ3n) is 1.09. The molecule has 0 aliphatic rings. The lowest BCUT2D eigenvalue weighted by Gasteiger charge is -2.04. The molecular formula is C7H11O2-. The lowest BCUT2D eigenvalue weighted by Crippen LogP contribution is -2.10. The van der Waals surface area contributed by atoms with Gasteiger partial charge in [0.05, 0.1) is 0 Å². The molecule has 0 heterocycles. The molecule has 0 saturated carbocycles. The smallest absolute Gasteiger partial charge is 0.159 e. The van der Waals surface area contributed by atoms with Crippen molar-refractivity contribution >= 4 is 5.78 Å². The summed E-state index contributed by atoms with van der Waals surface area (Å²) in [6.45, 7) is 5.08. The van der Waals surface area contributed by atoms with E-state index in [0.29, 0.717) is 11.8 Å². The van der Waals surface area contributed by atoms with Crippen LogP contribution in [0.2, 0.25) is 0 Å². The second-order valence-electron chi connectivity index (χ2n) is 2.32. The van der Waals surface area contributed by atoms with E-state index in [1.165, 1.54) is 6.92 Å². The standard InChI is InChI=1S/C7H12O2/c1-5(2)7(9)6(3)4-8/h4-5,8H,1-3H3/p-1/b6-4+. The normalized spacial score (nSPS) is 12.2. The molecule has 52 valence electrons. The maximum absolute atomic E-state index is 10.8. The van der Waals surface area contributed by atoms with Crippen molar-refractivity contribution < 1.29 is 9.90 Å². The summed E-state index contributed by atoms with van der Waals surface area (Å²) >= 11 is 0. The largest absolute Gasteiger partial charge is 0.878 e. The van der Waals surface area contributed by atoms with Crippen molar-refractivity contribution in [3.05, 3.63) is 11.8 Å². The minimum absolute atomic E-state index is 0.0600. The summed E-state index contributed by atoms with van der Waals surface area (Å²) in [6.07, 6.45) is 0.600. The summed E-state index contributed by atoms with van der Waals surface area (Å²) in [4.78, 5) is 10.8. The molecule has 0 rings (SSSR count). The Morgan fingerprint density at radius 1 is 1.56 bits per heavy atom. The summed E-state index contributed by atoms with van der Waals surface area (Å²) in [7, 11) is 0. The molecule has 0 radical (unpaired) electrons. The van der Waals surface area contributed by atoms with Crippen LogP contribution in [0.5, 0.6) is 0 Å². The first kappa shape index (κ1) is 8.21. The molecule has 0 spiro atoms. The Morgan fingerprint density at radius 3 is 2.11 bits per heavy atom. The third-order valence-corrected chi connectivity index (χ3v) is 1.09. The number of carbonyl (C=O) groups is 1. The number of hydrogen-bond donors (Lipinski definition) is 0. The molecule has 0 fully saturated rings. The predicted octanol–water partition coefficient (Wildman–Crippen LogP) is 0.476. The van der Waals surface area contributed by atoms with Crippen molar-refractivity contribution in [3.8, 4) is 0 Å². The van der Waals surface area contributed by atoms with Crippen molar-refractivity contribution in [3.63, 3.8) is 0 Å². The van der Waals surface area contributed by atoms with Gasteiger partial charge in [-0.2, -0.15) is 0 Å². The lowest BCUT2D eigenvalue weighted by atomic mass is 10.0. The molecule has 2 nitrogen and oxygen atoms in total. The molecule has 2 heteroatoms. The molecule has 0 aromatic rings. The fourth-order valence-corrected chi connectivity index (χ4v) is 0.513. The monoisotopic (exact) mass is 127 g/mol. The molecular weight excluding hydrogens is 116 g/mol. The Hall–Kier alpha value is -0.790. The maximum Gasteiger partial charge on any atom is 0.159 e. The molecule has 0 N–H and O–H groups in total. The van der Waals surface area contributed by atoms with Crippen molar-refractivity contribution in [2.24, 2.45) is 5.92 Å². The van der Waals surface area contributed by atoms with Gasteiger partial charge in [-0.05, 0) is 12.5 Å². The van der Waals surface area contributed by atoms with Crippen LogP contribution in [0.15, 0.2) is 11.8 Å². The van der Waals surface area contributed by atoms with Crippen molar-refractivity contribution in [1.29, 1.82) is 0 Å². The van der Waals surface area contributed by atoms with Gasteiger partial charge in [0.1, 0.15) is 0 Å².